The Morgan fingerprint density at radius 2 is 1.95 bits per heavy atom. The summed E-state index contributed by atoms with van der Waals surface area (Å²) in [6.45, 7) is 1.73. The quantitative estimate of drug-likeness (QED) is 0.791. The molecule has 0 amide bonds. The average Bonchev–Trinajstić information content (AvgIpc) is 2.50. The van der Waals surface area contributed by atoms with Crippen LogP contribution in [0.3, 0.4) is 0 Å². The van der Waals surface area contributed by atoms with E-state index in [1.54, 1.807) is 12.1 Å². The first-order valence-corrected chi connectivity index (χ1v) is 6.61. The highest BCUT2D eigenvalue weighted by atomic mass is 19.1. The minimum absolute atomic E-state index is 0.110. The molecule has 3 aromatic rings. The topological polar surface area (TPSA) is 42.4 Å². The Hall–Kier alpha value is -2.46. The number of aromatic nitrogens is 1. The number of fused-ring (bicyclic) bond motifs is 1. The summed E-state index contributed by atoms with van der Waals surface area (Å²) in [5.41, 5.74) is 2.27. The lowest BCUT2D eigenvalue weighted by Gasteiger charge is -2.11. The van der Waals surface area contributed by atoms with Crippen LogP contribution in [0.15, 0.2) is 48.5 Å². The molecule has 0 bridgehead atoms. The number of benzene rings is 2. The Morgan fingerprint density at radius 3 is 2.76 bits per heavy atom. The van der Waals surface area contributed by atoms with Crippen molar-refractivity contribution in [1.29, 1.82) is 0 Å². The Bertz CT molecular complexity index is 802. The predicted molar refractivity (Wildman–Crippen MR) is 78.9 cm³/mol. The molecule has 4 heteroatoms. The SMILES string of the molecule is Cc1ccc(F)cc1Oc1cc(CO)c2ccccc2n1. The number of hydrogen-bond acceptors (Lipinski definition) is 3. The lowest BCUT2D eigenvalue weighted by molar-refractivity contribution is 0.282. The largest absolute Gasteiger partial charge is 0.439 e. The molecular weight excluding hydrogens is 269 g/mol. The monoisotopic (exact) mass is 283 g/mol. The van der Waals surface area contributed by atoms with Crippen LogP contribution < -0.4 is 4.74 Å². The van der Waals surface area contributed by atoms with Crippen molar-refractivity contribution in [3.05, 3.63) is 65.5 Å². The molecule has 3 rings (SSSR count). The summed E-state index contributed by atoms with van der Waals surface area (Å²) in [7, 11) is 0. The Morgan fingerprint density at radius 1 is 1.14 bits per heavy atom. The minimum atomic E-state index is -0.362. The molecule has 106 valence electrons. The van der Waals surface area contributed by atoms with Crippen molar-refractivity contribution >= 4 is 10.9 Å². The van der Waals surface area contributed by atoms with Crippen molar-refractivity contribution in [3.8, 4) is 11.6 Å². The number of halogens is 1. The molecule has 0 unspecified atom stereocenters. The molecule has 21 heavy (non-hydrogen) atoms. The van der Waals surface area contributed by atoms with Gasteiger partial charge in [-0.1, -0.05) is 24.3 Å². The van der Waals surface area contributed by atoms with Gasteiger partial charge in [0.2, 0.25) is 5.88 Å². The van der Waals surface area contributed by atoms with Crippen LogP contribution in [0.5, 0.6) is 11.6 Å². The first-order valence-electron chi connectivity index (χ1n) is 6.61. The maximum absolute atomic E-state index is 13.3. The van der Waals surface area contributed by atoms with E-state index in [1.165, 1.54) is 12.1 Å². The molecule has 1 heterocycles. The number of aliphatic hydroxyl groups is 1. The summed E-state index contributed by atoms with van der Waals surface area (Å²) in [6, 6.07) is 13.5. The van der Waals surface area contributed by atoms with Gasteiger partial charge in [-0.15, -0.1) is 0 Å². The summed E-state index contributed by atoms with van der Waals surface area (Å²) < 4.78 is 19.0. The van der Waals surface area contributed by atoms with Crippen LogP contribution in [0.4, 0.5) is 4.39 Å². The maximum Gasteiger partial charge on any atom is 0.220 e. The molecule has 0 aliphatic rings. The highest BCUT2D eigenvalue weighted by molar-refractivity contribution is 5.82. The molecule has 3 nitrogen and oxygen atoms in total. The lowest BCUT2D eigenvalue weighted by Crippen LogP contribution is -1.95. The fourth-order valence-corrected chi connectivity index (χ4v) is 2.20. The molecule has 1 aromatic heterocycles. The van der Waals surface area contributed by atoms with Crippen molar-refractivity contribution < 1.29 is 14.2 Å². The minimum Gasteiger partial charge on any atom is -0.439 e. The molecule has 2 aromatic carbocycles. The molecule has 1 N–H and O–H groups in total. The molecule has 0 fully saturated rings. The zero-order chi connectivity index (χ0) is 14.8. The maximum atomic E-state index is 13.3. The van der Waals surface area contributed by atoms with E-state index >= 15 is 0 Å². The fraction of sp³-hybridized carbons (Fsp3) is 0.118. The second kappa shape index (κ2) is 5.50. The molecule has 0 atom stereocenters. The Labute approximate surface area is 121 Å². The molecule has 0 aliphatic carbocycles. The van der Waals surface area contributed by atoms with Gasteiger partial charge in [0.15, 0.2) is 0 Å². The number of pyridine rings is 1. The molecule has 0 aliphatic heterocycles. The average molecular weight is 283 g/mol. The highest BCUT2D eigenvalue weighted by Gasteiger charge is 2.08. The van der Waals surface area contributed by atoms with Gasteiger partial charge in [-0.25, -0.2) is 9.37 Å². The van der Waals surface area contributed by atoms with E-state index in [0.717, 1.165) is 22.0 Å². The number of aryl methyl sites for hydroxylation is 1. The summed E-state index contributed by atoms with van der Waals surface area (Å²) in [4.78, 5) is 4.39. The third-order valence-electron chi connectivity index (χ3n) is 3.31. The van der Waals surface area contributed by atoms with Gasteiger partial charge >= 0.3 is 0 Å². The smallest absolute Gasteiger partial charge is 0.220 e. The summed E-state index contributed by atoms with van der Waals surface area (Å²) in [5, 5.41) is 10.4. The van der Waals surface area contributed by atoms with Crippen LogP contribution >= 0.6 is 0 Å². The van der Waals surface area contributed by atoms with Gasteiger partial charge in [-0.05, 0) is 30.2 Å². The number of aliphatic hydroxyl groups excluding tert-OH is 1. The van der Waals surface area contributed by atoms with Crippen molar-refractivity contribution in [1.82, 2.24) is 4.98 Å². The molecule has 0 saturated carbocycles. The van der Waals surface area contributed by atoms with Gasteiger partial charge in [0.1, 0.15) is 11.6 Å². The van der Waals surface area contributed by atoms with Crippen LogP contribution in [-0.4, -0.2) is 10.1 Å². The summed E-state index contributed by atoms with van der Waals surface area (Å²) in [6.07, 6.45) is 0. The van der Waals surface area contributed by atoms with E-state index in [1.807, 2.05) is 31.2 Å². The van der Waals surface area contributed by atoms with Crippen molar-refractivity contribution in [2.24, 2.45) is 0 Å². The van der Waals surface area contributed by atoms with Gasteiger partial charge in [0.25, 0.3) is 0 Å². The van der Waals surface area contributed by atoms with E-state index in [0.29, 0.717) is 11.6 Å². The lowest BCUT2D eigenvalue weighted by atomic mass is 10.1. The number of ether oxygens (including phenoxy) is 1. The normalized spacial score (nSPS) is 10.8. The number of hydrogen-bond donors (Lipinski definition) is 1. The van der Waals surface area contributed by atoms with Crippen LogP contribution in [-0.2, 0) is 6.61 Å². The fourth-order valence-electron chi connectivity index (χ4n) is 2.20. The van der Waals surface area contributed by atoms with Gasteiger partial charge < -0.3 is 9.84 Å². The van der Waals surface area contributed by atoms with Gasteiger partial charge in [-0.2, -0.15) is 0 Å². The first-order chi connectivity index (χ1) is 10.2. The zero-order valence-electron chi connectivity index (χ0n) is 11.5. The van der Waals surface area contributed by atoms with Crippen LogP contribution in [0.2, 0.25) is 0 Å². The van der Waals surface area contributed by atoms with Gasteiger partial charge in [-0.3, -0.25) is 0 Å². The van der Waals surface area contributed by atoms with Crippen LogP contribution in [0.1, 0.15) is 11.1 Å². The highest BCUT2D eigenvalue weighted by Crippen LogP contribution is 2.28. The number of rotatable bonds is 3. The second-order valence-electron chi connectivity index (χ2n) is 4.81. The van der Waals surface area contributed by atoms with Crippen LogP contribution in [0.25, 0.3) is 10.9 Å². The Kier molecular flexibility index (Phi) is 3.54. The van der Waals surface area contributed by atoms with Gasteiger partial charge in [0.05, 0.1) is 12.1 Å². The third-order valence-corrected chi connectivity index (χ3v) is 3.31. The summed E-state index contributed by atoms with van der Waals surface area (Å²) >= 11 is 0. The standard InChI is InChI=1S/C17H14FNO2/c1-11-6-7-13(18)9-16(11)21-17-8-12(10-20)14-4-2-3-5-15(14)19-17/h2-9,20H,10H2,1H3. The van der Waals surface area contributed by atoms with E-state index in [4.69, 9.17) is 4.74 Å². The van der Waals surface area contributed by atoms with Crippen molar-refractivity contribution in [3.63, 3.8) is 0 Å². The van der Waals surface area contributed by atoms with Crippen LogP contribution in [0, 0.1) is 12.7 Å². The van der Waals surface area contributed by atoms with Gasteiger partial charge in [0, 0.05) is 17.5 Å². The second-order valence-corrected chi connectivity index (χ2v) is 4.81. The van der Waals surface area contributed by atoms with Crippen molar-refractivity contribution in [2.45, 2.75) is 13.5 Å². The summed E-state index contributed by atoms with van der Waals surface area (Å²) in [5.74, 6) is 0.395. The molecule has 0 saturated heterocycles. The zero-order valence-corrected chi connectivity index (χ0v) is 11.5. The first kappa shape index (κ1) is 13.5. The van der Waals surface area contributed by atoms with E-state index in [-0.39, 0.29) is 12.4 Å². The molecule has 0 radical (unpaired) electrons. The van der Waals surface area contributed by atoms with E-state index in [2.05, 4.69) is 4.98 Å². The predicted octanol–water partition coefficient (Wildman–Crippen LogP) is 3.97. The van der Waals surface area contributed by atoms with E-state index in [9.17, 15) is 9.50 Å². The van der Waals surface area contributed by atoms with E-state index < -0.39 is 0 Å². The molecule has 0 spiro atoms. The van der Waals surface area contributed by atoms with Crippen molar-refractivity contribution in [2.75, 3.05) is 0 Å². The third kappa shape index (κ3) is 2.71. The number of nitrogens with zero attached hydrogens (tertiary/aromatic N) is 1. The Balaban J connectivity index is 2.06. The number of para-hydroxylation sites is 1. The molecular formula is C17H14FNO2.